The van der Waals surface area contributed by atoms with Gasteiger partial charge in [0.15, 0.2) is 0 Å². The molecule has 0 radical (unpaired) electrons. The second-order valence-corrected chi connectivity index (χ2v) is 16.8. The van der Waals surface area contributed by atoms with Gasteiger partial charge in [0.2, 0.25) is 0 Å². The molecule has 1 unspecified atom stereocenters. The Balaban J connectivity index is 1.14. The highest BCUT2D eigenvalue weighted by Gasteiger charge is 2.53. The lowest BCUT2D eigenvalue weighted by atomic mass is 9.69. The molecule has 9 aromatic carbocycles. The average Bonchev–Trinajstić information content (AvgIpc) is 3.86. The van der Waals surface area contributed by atoms with Crippen LogP contribution >= 0.6 is 0 Å². The van der Waals surface area contributed by atoms with E-state index in [4.69, 9.17) is 0 Å². The largest absolute Gasteiger partial charge is 0.310 e. The van der Waals surface area contributed by atoms with Crippen LogP contribution in [0, 0.1) is 0 Å². The van der Waals surface area contributed by atoms with Crippen LogP contribution in [0.4, 0.5) is 34.1 Å². The van der Waals surface area contributed by atoms with Gasteiger partial charge in [-0.05, 0) is 128 Å². The zero-order valence-corrected chi connectivity index (χ0v) is 33.7. The van der Waals surface area contributed by atoms with Crippen molar-refractivity contribution in [1.82, 2.24) is 0 Å². The van der Waals surface area contributed by atoms with E-state index in [1.54, 1.807) is 0 Å². The van der Waals surface area contributed by atoms with Gasteiger partial charge in [0, 0.05) is 39.4 Å². The molecule has 1 atom stereocenters. The summed E-state index contributed by atoms with van der Waals surface area (Å²) in [5.41, 5.74) is 21.9. The lowest BCUT2D eigenvalue weighted by molar-refractivity contribution is 0.660. The van der Waals surface area contributed by atoms with E-state index in [1.807, 2.05) is 0 Å². The molecule has 0 aliphatic heterocycles. The van der Waals surface area contributed by atoms with Crippen molar-refractivity contribution in [3.8, 4) is 33.4 Å². The first-order valence-corrected chi connectivity index (χ1v) is 21.0. The summed E-state index contributed by atoms with van der Waals surface area (Å²) in [7, 11) is 0. The molecule has 3 aliphatic rings. The summed E-state index contributed by atoms with van der Waals surface area (Å²) in [5.74, 6) is 0. The first kappa shape index (κ1) is 34.6. The fourth-order valence-electron chi connectivity index (χ4n) is 10.9. The summed E-state index contributed by atoms with van der Waals surface area (Å²) in [6.45, 7) is 4.73. The number of benzene rings is 9. The molecule has 0 saturated heterocycles. The van der Waals surface area contributed by atoms with Crippen LogP contribution in [0.3, 0.4) is 0 Å². The van der Waals surface area contributed by atoms with Crippen molar-refractivity contribution in [3.05, 3.63) is 252 Å². The van der Waals surface area contributed by atoms with Crippen LogP contribution in [0.1, 0.15) is 47.2 Å². The van der Waals surface area contributed by atoms with Crippen LogP contribution in [0.15, 0.2) is 218 Å². The zero-order valence-electron chi connectivity index (χ0n) is 33.7. The highest BCUT2D eigenvalue weighted by molar-refractivity contribution is 6.00. The maximum atomic E-state index is 2.51. The third kappa shape index (κ3) is 4.76. The van der Waals surface area contributed by atoms with Crippen molar-refractivity contribution in [3.63, 3.8) is 0 Å². The molecule has 2 nitrogen and oxygen atoms in total. The van der Waals surface area contributed by atoms with Gasteiger partial charge in [-0.2, -0.15) is 0 Å². The number of hydrogen-bond acceptors (Lipinski definition) is 2. The second-order valence-electron chi connectivity index (χ2n) is 16.8. The summed E-state index contributed by atoms with van der Waals surface area (Å²) < 4.78 is 0. The first-order chi connectivity index (χ1) is 29.5. The number of anilines is 6. The SMILES string of the molecule is CC1(C)c2ccccc2-c2ccc(N(c3ccccc3)c3ccc4c(c3)C3(c5ccccc5-4)c4ccccc4-c4cccc(N(c5ccccc5)c5ccccc5)c43)cc21. The van der Waals surface area contributed by atoms with Crippen molar-refractivity contribution in [1.29, 1.82) is 0 Å². The maximum absolute atomic E-state index is 2.51. The number of hydrogen-bond donors (Lipinski definition) is 0. The standard InChI is InChI=1S/C58H42N2/c1-57(2)50-29-15-12-25-44(50)47-35-33-42(37-53(47)57)59(39-19-6-3-7-20-39)43-34-36-48-45-26-13-16-30-51(45)58(54(48)38-43)52-31-17-14-27-46(52)49-28-18-32-55(56(49)58)60(40-21-8-4-9-22-40)41-23-10-5-11-24-41/h3-38H,1-2H3. The molecule has 9 aromatic rings. The van der Waals surface area contributed by atoms with E-state index in [2.05, 4.69) is 242 Å². The quantitative estimate of drug-likeness (QED) is 0.166. The van der Waals surface area contributed by atoms with Crippen LogP contribution in [0.25, 0.3) is 33.4 Å². The molecule has 3 aliphatic carbocycles. The molecule has 0 fully saturated rings. The molecular weight excluding hydrogens is 725 g/mol. The third-order valence-electron chi connectivity index (χ3n) is 13.4. The second kappa shape index (κ2) is 13.0. The lowest BCUT2D eigenvalue weighted by Gasteiger charge is -2.36. The minimum absolute atomic E-state index is 0.120. The summed E-state index contributed by atoms with van der Waals surface area (Å²) in [4.78, 5) is 4.92. The average molecular weight is 767 g/mol. The van der Waals surface area contributed by atoms with Gasteiger partial charge in [0.25, 0.3) is 0 Å². The van der Waals surface area contributed by atoms with Gasteiger partial charge >= 0.3 is 0 Å². The van der Waals surface area contributed by atoms with E-state index in [0.29, 0.717) is 0 Å². The maximum Gasteiger partial charge on any atom is 0.0746 e. The van der Waals surface area contributed by atoms with Gasteiger partial charge in [-0.15, -0.1) is 0 Å². The van der Waals surface area contributed by atoms with Crippen LogP contribution in [-0.4, -0.2) is 0 Å². The first-order valence-electron chi connectivity index (χ1n) is 21.0. The molecular formula is C58H42N2. The smallest absolute Gasteiger partial charge is 0.0746 e. The highest BCUT2D eigenvalue weighted by Crippen LogP contribution is 2.66. The number of rotatable bonds is 6. The normalized spacial score (nSPS) is 15.7. The fourth-order valence-corrected chi connectivity index (χ4v) is 10.9. The molecule has 0 saturated carbocycles. The van der Waals surface area contributed by atoms with Crippen molar-refractivity contribution in [2.24, 2.45) is 0 Å². The van der Waals surface area contributed by atoms with Crippen molar-refractivity contribution in [2.45, 2.75) is 24.7 Å². The van der Waals surface area contributed by atoms with Gasteiger partial charge in [-0.25, -0.2) is 0 Å². The van der Waals surface area contributed by atoms with E-state index in [1.165, 1.54) is 72.4 Å². The molecule has 0 bridgehead atoms. The van der Waals surface area contributed by atoms with Gasteiger partial charge in [-0.1, -0.05) is 166 Å². The summed E-state index contributed by atoms with van der Waals surface area (Å²) in [6.07, 6.45) is 0. The summed E-state index contributed by atoms with van der Waals surface area (Å²) >= 11 is 0. The zero-order chi connectivity index (χ0) is 40.0. The van der Waals surface area contributed by atoms with Crippen LogP contribution in [0.5, 0.6) is 0 Å². The Morgan fingerprint density at radius 1 is 0.283 bits per heavy atom. The number of nitrogens with zero attached hydrogens (tertiary/aromatic N) is 2. The van der Waals surface area contributed by atoms with E-state index in [9.17, 15) is 0 Å². The summed E-state index contributed by atoms with van der Waals surface area (Å²) in [6, 6.07) is 81.0. The Morgan fingerprint density at radius 3 is 1.25 bits per heavy atom. The minimum Gasteiger partial charge on any atom is -0.310 e. The Bertz CT molecular complexity index is 3080. The van der Waals surface area contributed by atoms with Gasteiger partial charge in [0.05, 0.1) is 11.1 Å². The topological polar surface area (TPSA) is 6.48 Å². The molecule has 1 spiro atoms. The predicted molar refractivity (Wildman–Crippen MR) is 250 cm³/mol. The molecule has 2 heteroatoms. The van der Waals surface area contributed by atoms with E-state index in [-0.39, 0.29) is 5.41 Å². The summed E-state index contributed by atoms with van der Waals surface area (Å²) in [5, 5.41) is 0. The van der Waals surface area contributed by atoms with Crippen molar-refractivity contribution >= 4 is 34.1 Å². The Labute approximate surface area is 352 Å². The molecule has 60 heavy (non-hydrogen) atoms. The highest BCUT2D eigenvalue weighted by atomic mass is 15.2. The molecule has 0 N–H and O–H groups in total. The van der Waals surface area contributed by atoms with E-state index in [0.717, 1.165) is 28.4 Å². The molecule has 284 valence electrons. The Kier molecular flexibility index (Phi) is 7.52. The van der Waals surface area contributed by atoms with Crippen LogP contribution in [-0.2, 0) is 10.8 Å². The lowest BCUT2D eigenvalue weighted by Crippen LogP contribution is -2.28. The Hall–Kier alpha value is -7.42. The van der Waals surface area contributed by atoms with Crippen molar-refractivity contribution < 1.29 is 0 Å². The Morgan fingerprint density at radius 2 is 0.683 bits per heavy atom. The number of fused-ring (bicyclic) bond motifs is 13. The predicted octanol–water partition coefficient (Wildman–Crippen LogP) is 15.3. The van der Waals surface area contributed by atoms with Crippen LogP contribution < -0.4 is 9.80 Å². The van der Waals surface area contributed by atoms with Gasteiger partial charge in [-0.3, -0.25) is 0 Å². The minimum atomic E-state index is -0.587. The molecule has 0 aromatic heterocycles. The van der Waals surface area contributed by atoms with Crippen LogP contribution in [0.2, 0.25) is 0 Å². The molecule has 0 heterocycles. The molecule has 0 amide bonds. The van der Waals surface area contributed by atoms with Crippen molar-refractivity contribution in [2.75, 3.05) is 9.80 Å². The monoisotopic (exact) mass is 766 g/mol. The van der Waals surface area contributed by atoms with Gasteiger partial charge < -0.3 is 9.80 Å². The molecule has 12 rings (SSSR count). The van der Waals surface area contributed by atoms with E-state index < -0.39 is 5.41 Å². The third-order valence-corrected chi connectivity index (χ3v) is 13.4. The van der Waals surface area contributed by atoms with Gasteiger partial charge in [0.1, 0.15) is 0 Å². The number of para-hydroxylation sites is 3. The van der Waals surface area contributed by atoms with E-state index >= 15 is 0 Å². The fraction of sp³-hybridized carbons (Fsp3) is 0.0690.